The van der Waals surface area contributed by atoms with Crippen LogP contribution in [0, 0.1) is 5.92 Å². The Morgan fingerprint density at radius 1 is 1.42 bits per heavy atom. The van der Waals surface area contributed by atoms with E-state index in [1.807, 2.05) is 18.7 Å². The van der Waals surface area contributed by atoms with Crippen molar-refractivity contribution in [1.82, 2.24) is 15.1 Å². The summed E-state index contributed by atoms with van der Waals surface area (Å²) in [5.41, 5.74) is 0. The Balaban J connectivity index is 1.79. The normalized spacial score (nSPS) is 17.2. The van der Waals surface area contributed by atoms with E-state index in [0.29, 0.717) is 16.9 Å². The van der Waals surface area contributed by atoms with E-state index >= 15 is 0 Å². The maximum Gasteiger partial charge on any atom is 0.277 e. The average molecular weight is 283 g/mol. The number of rotatable bonds is 4. The number of aromatic nitrogens is 2. The van der Waals surface area contributed by atoms with Crippen LogP contribution in [0.5, 0.6) is 0 Å². The standard InChI is InChI=1S/C13H21N3O2S/c1-9(2)12-14-15-13(18-12)19-8-11(17)16-6-4-10(3)5-7-16/h9-10H,4-8H2,1-3H3. The van der Waals surface area contributed by atoms with Crippen LogP contribution in [0.25, 0.3) is 0 Å². The van der Waals surface area contributed by atoms with Crippen molar-refractivity contribution in [1.29, 1.82) is 0 Å². The number of carbonyl (C=O) groups is 1. The number of nitrogens with zero attached hydrogens (tertiary/aromatic N) is 3. The van der Waals surface area contributed by atoms with Crippen molar-refractivity contribution in [2.75, 3.05) is 18.8 Å². The zero-order valence-electron chi connectivity index (χ0n) is 11.8. The van der Waals surface area contributed by atoms with Gasteiger partial charge >= 0.3 is 0 Å². The summed E-state index contributed by atoms with van der Waals surface area (Å²) in [7, 11) is 0. The van der Waals surface area contributed by atoms with Crippen LogP contribution in [-0.4, -0.2) is 39.8 Å². The molecule has 2 heterocycles. The minimum atomic E-state index is 0.168. The highest BCUT2D eigenvalue weighted by molar-refractivity contribution is 7.99. The van der Waals surface area contributed by atoms with Crippen LogP contribution < -0.4 is 0 Å². The molecule has 0 bridgehead atoms. The van der Waals surface area contributed by atoms with E-state index in [2.05, 4.69) is 17.1 Å². The third-order valence-corrected chi connectivity index (χ3v) is 4.17. The predicted molar refractivity (Wildman–Crippen MR) is 74.1 cm³/mol. The second-order valence-electron chi connectivity index (χ2n) is 5.41. The lowest BCUT2D eigenvalue weighted by molar-refractivity contribution is -0.129. The quantitative estimate of drug-likeness (QED) is 0.795. The first-order chi connectivity index (χ1) is 9.06. The van der Waals surface area contributed by atoms with Gasteiger partial charge in [-0.1, -0.05) is 32.5 Å². The Labute approximate surface area is 118 Å². The summed E-state index contributed by atoms with van der Waals surface area (Å²) < 4.78 is 5.47. The summed E-state index contributed by atoms with van der Waals surface area (Å²) in [5, 5.41) is 8.38. The molecule has 1 aromatic rings. The number of likely N-dealkylation sites (tertiary alicyclic amines) is 1. The van der Waals surface area contributed by atoms with E-state index in [4.69, 9.17) is 4.42 Å². The number of piperidine rings is 1. The van der Waals surface area contributed by atoms with Gasteiger partial charge in [-0.3, -0.25) is 4.79 Å². The molecule has 1 aliphatic rings. The van der Waals surface area contributed by atoms with Gasteiger partial charge in [0.1, 0.15) is 0 Å². The molecule has 1 aliphatic heterocycles. The van der Waals surface area contributed by atoms with Gasteiger partial charge in [-0.05, 0) is 18.8 Å². The molecule has 6 heteroatoms. The van der Waals surface area contributed by atoms with Crippen molar-refractivity contribution in [2.45, 2.75) is 44.8 Å². The fourth-order valence-electron chi connectivity index (χ4n) is 1.98. The third kappa shape index (κ3) is 3.96. The van der Waals surface area contributed by atoms with Crippen LogP contribution in [0.2, 0.25) is 0 Å². The molecular weight excluding hydrogens is 262 g/mol. The molecule has 2 rings (SSSR count). The SMILES string of the molecule is CC1CCN(C(=O)CSc2nnc(C(C)C)o2)CC1. The molecule has 1 amide bonds. The predicted octanol–water partition coefficient (Wildman–Crippen LogP) is 2.54. The second-order valence-corrected chi connectivity index (χ2v) is 6.34. The molecule has 0 aromatic carbocycles. The molecule has 0 atom stereocenters. The van der Waals surface area contributed by atoms with Gasteiger partial charge in [0.15, 0.2) is 0 Å². The first kappa shape index (κ1) is 14.4. The van der Waals surface area contributed by atoms with Crippen LogP contribution in [0.3, 0.4) is 0 Å². The number of thioether (sulfide) groups is 1. The number of amides is 1. The van der Waals surface area contributed by atoms with Gasteiger partial charge in [0, 0.05) is 19.0 Å². The molecule has 0 radical (unpaired) electrons. The van der Waals surface area contributed by atoms with E-state index in [0.717, 1.165) is 31.8 Å². The van der Waals surface area contributed by atoms with E-state index in [9.17, 15) is 4.79 Å². The zero-order valence-corrected chi connectivity index (χ0v) is 12.6. The zero-order chi connectivity index (χ0) is 13.8. The fourth-order valence-corrected chi connectivity index (χ4v) is 2.66. The fraction of sp³-hybridized carbons (Fsp3) is 0.769. The van der Waals surface area contributed by atoms with Gasteiger partial charge in [-0.2, -0.15) is 0 Å². The smallest absolute Gasteiger partial charge is 0.277 e. The van der Waals surface area contributed by atoms with E-state index in [1.165, 1.54) is 11.8 Å². The largest absolute Gasteiger partial charge is 0.416 e. The molecule has 19 heavy (non-hydrogen) atoms. The van der Waals surface area contributed by atoms with Gasteiger partial charge in [-0.25, -0.2) is 0 Å². The van der Waals surface area contributed by atoms with Crippen LogP contribution in [0.15, 0.2) is 9.64 Å². The molecule has 1 saturated heterocycles. The topological polar surface area (TPSA) is 59.2 Å². The van der Waals surface area contributed by atoms with Crippen LogP contribution >= 0.6 is 11.8 Å². The van der Waals surface area contributed by atoms with Gasteiger partial charge in [-0.15, -0.1) is 10.2 Å². The van der Waals surface area contributed by atoms with Crippen LogP contribution in [0.1, 0.15) is 45.4 Å². The molecule has 106 valence electrons. The highest BCUT2D eigenvalue weighted by atomic mass is 32.2. The van der Waals surface area contributed by atoms with Gasteiger partial charge < -0.3 is 9.32 Å². The van der Waals surface area contributed by atoms with Gasteiger partial charge in [0.05, 0.1) is 5.75 Å². The average Bonchev–Trinajstić information content (AvgIpc) is 2.86. The van der Waals surface area contributed by atoms with Crippen molar-refractivity contribution in [3.63, 3.8) is 0 Å². The molecule has 0 spiro atoms. The second kappa shape index (κ2) is 6.41. The Bertz CT molecular complexity index is 425. The maximum absolute atomic E-state index is 12.0. The van der Waals surface area contributed by atoms with E-state index < -0.39 is 0 Å². The Morgan fingerprint density at radius 2 is 2.11 bits per heavy atom. The molecule has 1 aromatic heterocycles. The van der Waals surface area contributed by atoms with Gasteiger partial charge in [0.25, 0.3) is 5.22 Å². The minimum absolute atomic E-state index is 0.168. The molecule has 0 saturated carbocycles. The number of hydrogen-bond acceptors (Lipinski definition) is 5. The first-order valence-electron chi connectivity index (χ1n) is 6.80. The molecule has 5 nitrogen and oxygen atoms in total. The highest BCUT2D eigenvalue weighted by Gasteiger charge is 2.21. The third-order valence-electron chi connectivity index (χ3n) is 3.37. The van der Waals surface area contributed by atoms with Gasteiger partial charge in [0.2, 0.25) is 11.8 Å². The summed E-state index contributed by atoms with van der Waals surface area (Å²) in [6.07, 6.45) is 2.21. The van der Waals surface area contributed by atoms with Crippen LogP contribution in [0.4, 0.5) is 0 Å². The molecule has 0 N–H and O–H groups in total. The first-order valence-corrected chi connectivity index (χ1v) is 7.78. The van der Waals surface area contributed by atoms with Crippen molar-refractivity contribution < 1.29 is 9.21 Å². The minimum Gasteiger partial charge on any atom is -0.416 e. The lowest BCUT2D eigenvalue weighted by Crippen LogP contribution is -2.38. The highest BCUT2D eigenvalue weighted by Crippen LogP contribution is 2.22. The maximum atomic E-state index is 12.0. The van der Waals surface area contributed by atoms with E-state index in [-0.39, 0.29) is 11.8 Å². The van der Waals surface area contributed by atoms with Crippen LogP contribution in [-0.2, 0) is 4.79 Å². The van der Waals surface area contributed by atoms with Crippen molar-refractivity contribution >= 4 is 17.7 Å². The lowest BCUT2D eigenvalue weighted by Gasteiger charge is -2.30. The molecule has 0 aliphatic carbocycles. The lowest BCUT2D eigenvalue weighted by atomic mass is 9.99. The Hall–Kier alpha value is -1.04. The monoisotopic (exact) mass is 283 g/mol. The van der Waals surface area contributed by atoms with Crippen molar-refractivity contribution in [3.8, 4) is 0 Å². The van der Waals surface area contributed by atoms with Crippen molar-refractivity contribution in [3.05, 3.63) is 5.89 Å². The van der Waals surface area contributed by atoms with E-state index in [1.54, 1.807) is 0 Å². The Kier molecular flexibility index (Phi) is 4.85. The number of carbonyl (C=O) groups excluding carboxylic acids is 1. The summed E-state index contributed by atoms with van der Waals surface area (Å²) in [4.78, 5) is 14.0. The summed E-state index contributed by atoms with van der Waals surface area (Å²) >= 11 is 1.33. The molecular formula is C13H21N3O2S. The summed E-state index contributed by atoms with van der Waals surface area (Å²) in [6.45, 7) is 8.00. The molecule has 1 fully saturated rings. The summed E-state index contributed by atoms with van der Waals surface area (Å²) in [6, 6.07) is 0. The Morgan fingerprint density at radius 3 is 2.68 bits per heavy atom. The number of hydrogen-bond donors (Lipinski definition) is 0. The molecule has 0 unspecified atom stereocenters. The summed E-state index contributed by atoms with van der Waals surface area (Å²) in [5.74, 6) is 2.14. The van der Waals surface area contributed by atoms with Crippen molar-refractivity contribution in [2.24, 2.45) is 5.92 Å².